The van der Waals surface area contributed by atoms with Crippen molar-refractivity contribution >= 4 is 33.6 Å². The molecule has 16 heteroatoms. The Morgan fingerprint density at radius 2 is 1.40 bits per heavy atom. The van der Waals surface area contributed by atoms with Crippen molar-refractivity contribution in [1.82, 2.24) is 4.31 Å². The van der Waals surface area contributed by atoms with E-state index in [1.54, 1.807) is 12.1 Å². The van der Waals surface area contributed by atoms with Crippen molar-refractivity contribution in [2.24, 2.45) is 0 Å². The minimum atomic E-state index is -5.79. The van der Waals surface area contributed by atoms with Gasteiger partial charge in [0, 0.05) is 18.8 Å². The molecule has 0 aliphatic heterocycles. The number of likely N-dealkylation sites (N-methyl/N-ethyl adjacent to an activating group) is 1. The second kappa shape index (κ2) is 14.0. The predicted octanol–water partition coefficient (Wildman–Crippen LogP) is 5.53. The molecule has 0 saturated heterocycles. The van der Waals surface area contributed by atoms with E-state index in [0.717, 1.165) is 60.8 Å². The fraction of sp³-hybridized carbons (Fsp3) is 0.323. The van der Waals surface area contributed by atoms with Gasteiger partial charge in [0.15, 0.2) is 28.2 Å². The highest BCUT2D eigenvalue weighted by Crippen LogP contribution is 2.34. The topological polar surface area (TPSA) is 153 Å². The molecule has 0 heterocycles. The lowest BCUT2D eigenvalue weighted by atomic mass is 9.84. The summed E-state index contributed by atoms with van der Waals surface area (Å²) in [4.78, 5) is 35.9. The van der Waals surface area contributed by atoms with E-state index in [9.17, 15) is 60.1 Å². The number of aromatic hydroxyl groups is 1. The monoisotopic (exact) mass is 684 g/mol. The van der Waals surface area contributed by atoms with Gasteiger partial charge >= 0.3 is 11.9 Å². The summed E-state index contributed by atoms with van der Waals surface area (Å²) >= 11 is 0. The van der Waals surface area contributed by atoms with Gasteiger partial charge in [-0.05, 0) is 42.0 Å². The smallest absolute Gasteiger partial charge is 0.339 e. The van der Waals surface area contributed by atoms with Crippen LogP contribution in [0.2, 0.25) is 0 Å². The molecule has 10 nitrogen and oxygen atoms in total. The Bertz CT molecular complexity index is 1790. The average Bonchev–Trinajstić information content (AvgIpc) is 3.04. The van der Waals surface area contributed by atoms with E-state index in [1.165, 1.54) is 0 Å². The highest BCUT2D eigenvalue weighted by atomic mass is 32.2. The van der Waals surface area contributed by atoms with Crippen LogP contribution in [-0.2, 0) is 26.2 Å². The fourth-order valence-corrected chi connectivity index (χ4v) is 6.94. The minimum Gasteiger partial charge on any atom is -0.507 e. The first-order chi connectivity index (χ1) is 22.1. The van der Waals surface area contributed by atoms with Crippen molar-refractivity contribution in [2.45, 2.75) is 61.9 Å². The first-order valence-electron chi connectivity index (χ1n) is 14.2. The van der Waals surface area contributed by atoms with Crippen molar-refractivity contribution in [3.63, 3.8) is 0 Å². The number of rotatable bonds is 11. The summed E-state index contributed by atoms with van der Waals surface area (Å²) in [7, 11) is -5.26. The van der Waals surface area contributed by atoms with Gasteiger partial charge in [-0.2, -0.15) is 4.31 Å². The van der Waals surface area contributed by atoms with Crippen LogP contribution in [0.1, 0.15) is 65.9 Å². The Hall–Kier alpha value is -4.57. The number of amides is 1. The molecule has 0 bridgehead atoms. The lowest BCUT2D eigenvalue weighted by Gasteiger charge is -2.32. The van der Waals surface area contributed by atoms with E-state index in [2.05, 4.69) is 0 Å². The van der Waals surface area contributed by atoms with Crippen molar-refractivity contribution in [3.05, 3.63) is 88.2 Å². The molecule has 1 amide bonds. The third-order valence-electron chi connectivity index (χ3n) is 8.08. The van der Waals surface area contributed by atoms with Gasteiger partial charge in [-0.3, -0.25) is 9.59 Å². The molecular formula is C31H29F5N2O8S. The standard InChI is InChI=1S/C31H29F5N2O8S/c1-37(47(45,46)29-27(35)25(33)24(32)26(34)28(29)36)21(14-23(40)41)30(42)38(19-11-12-20(31(43)44)22(39)13-19)15-16-7-9-18(10-8-16)17-5-3-2-4-6-17/h7-13,17,21,39H,2-6,14-15H2,1H3,(H,40,41)(H,43,44)/t21-/m0/s1. The molecule has 0 spiro atoms. The summed E-state index contributed by atoms with van der Waals surface area (Å²) in [5.41, 5.74) is 0.670. The number of hydrogen-bond acceptors (Lipinski definition) is 6. The molecule has 3 aromatic rings. The van der Waals surface area contributed by atoms with Crippen LogP contribution in [0.15, 0.2) is 47.4 Å². The zero-order chi connectivity index (χ0) is 34.8. The summed E-state index contributed by atoms with van der Waals surface area (Å²) in [6.45, 7) is -0.401. The zero-order valence-electron chi connectivity index (χ0n) is 24.7. The lowest BCUT2D eigenvalue weighted by Crippen LogP contribution is -2.50. The maximum absolute atomic E-state index is 14.6. The van der Waals surface area contributed by atoms with Crippen LogP contribution in [0.4, 0.5) is 27.6 Å². The van der Waals surface area contributed by atoms with Crippen LogP contribution in [0.25, 0.3) is 0 Å². The normalized spacial score (nSPS) is 14.6. The molecular weight excluding hydrogens is 655 g/mol. The van der Waals surface area contributed by atoms with E-state index >= 15 is 0 Å². The number of carbonyl (C=O) groups is 3. The van der Waals surface area contributed by atoms with E-state index in [-0.39, 0.29) is 9.99 Å². The van der Waals surface area contributed by atoms with Crippen molar-refractivity contribution in [1.29, 1.82) is 0 Å². The van der Waals surface area contributed by atoms with Crippen molar-refractivity contribution in [2.75, 3.05) is 11.9 Å². The highest BCUT2D eigenvalue weighted by Gasteiger charge is 2.42. The van der Waals surface area contributed by atoms with E-state index in [0.29, 0.717) is 18.5 Å². The summed E-state index contributed by atoms with van der Waals surface area (Å²) in [5, 5.41) is 29.2. The summed E-state index contributed by atoms with van der Waals surface area (Å²) in [6, 6.07) is 7.51. The quantitative estimate of drug-likeness (QED) is 0.136. The van der Waals surface area contributed by atoms with Gasteiger partial charge in [-0.1, -0.05) is 43.5 Å². The first-order valence-corrected chi connectivity index (χ1v) is 15.7. The molecule has 3 aromatic carbocycles. The maximum atomic E-state index is 14.6. The molecule has 1 fully saturated rings. The second-order valence-corrected chi connectivity index (χ2v) is 13.0. The molecule has 1 aliphatic carbocycles. The number of carboxylic acid groups (broad SMARTS) is 2. The van der Waals surface area contributed by atoms with Crippen LogP contribution in [0.5, 0.6) is 5.75 Å². The molecule has 0 aromatic heterocycles. The van der Waals surface area contributed by atoms with E-state index in [1.807, 2.05) is 12.1 Å². The number of aromatic carboxylic acids is 1. The largest absolute Gasteiger partial charge is 0.507 e. The number of nitrogens with zero attached hydrogens (tertiary/aromatic N) is 2. The third kappa shape index (κ3) is 7.22. The Kier molecular flexibility index (Phi) is 10.5. The zero-order valence-corrected chi connectivity index (χ0v) is 25.5. The van der Waals surface area contributed by atoms with Crippen LogP contribution in [0, 0.1) is 29.1 Å². The van der Waals surface area contributed by atoms with Gasteiger partial charge in [0.1, 0.15) is 17.4 Å². The van der Waals surface area contributed by atoms with Gasteiger partial charge < -0.3 is 20.2 Å². The number of benzene rings is 3. The van der Waals surface area contributed by atoms with Gasteiger partial charge in [0.2, 0.25) is 21.7 Å². The number of hydrogen-bond donors (Lipinski definition) is 3. The Balaban J connectivity index is 1.80. The highest BCUT2D eigenvalue weighted by molar-refractivity contribution is 7.89. The summed E-state index contributed by atoms with van der Waals surface area (Å²) < 4.78 is 97.3. The molecule has 3 N–H and O–H groups in total. The predicted molar refractivity (Wildman–Crippen MR) is 156 cm³/mol. The Morgan fingerprint density at radius 3 is 1.91 bits per heavy atom. The SMILES string of the molecule is CN([C@@H](CC(=O)O)C(=O)N(Cc1ccc(C2CCCCC2)cc1)c1ccc(C(=O)O)c(O)c1)S(=O)(=O)c1c(F)c(F)c(F)c(F)c1F. The molecule has 252 valence electrons. The van der Waals surface area contributed by atoms with Crippen LogP contribution >= 0.6 is 0 Å². The molecule has 0 radical (unpaired) electrons. The second-order valence-electron chi connectivity index (χ2n) is 11.0. The number of anilines is 1. The number of carbonyl (C=O) groups excluding carboxylic acids is 1. The van der Waals surface area contributed by atoms with Crippen molar-refractivity contribution < 1.29 is 60.1 Å². The van der Waals surface area contributed by atoms with Crippen molar-refractivity contribution in [3.8, 4) is 5.75 Å². The molecule has 1 saturated carbocycles. The Labute approximate surface area is 265 Å². The molecule has 47 heavy (non-hydrogen) atoms. The van der Waals surface area contributed by atoms with E-state index in [4.69, 9.17) is 0 Å². The maximum Gasteiger partial charge on any atom is 0.339 e. The number of aliphatic carboxylic acids is 1. The minimum absolute atomic E-state index is 0.119. The molecule has 1 atom stereocenters. The van der Waals surface area contributed by atoms with Crippen LogP contribution in [-0.4, -0.2) is 59.0 Å². The van der Waals surface area contributed by atoms with Crippen LogP contribution < -0.4 is 4.90 Å². The number of sulfonamides is 1. The van der Waals surface area contributed by atoms with Gasteiger partial charge in [0.05, 0.1) is 13.0 Å². The molecule has 0 unspecified atom stereocenters. The average molecular weight is 685 g/mol. The summed E-state index contributed by atoms with van der Waals surface area (Å²) in [5.74, 6) is -18.4. The fourth-order valence-electron chi connectivity index (χ4n) is 5.52. The number of phenols is 1. The van der Waals surface area contributed by atoms with E-state index < -0.39 is 92.2 Å². The van der Waals surface area contributed by atoms with Crippen LogP contribution in [0.3, 0.4) is 0 Å². The van der Waals surface area contributed by atoms with Gasteiger partial charge in [-0.15, -0.1) is 0 Å². The molecule has 4 rings (SSSR count). The number of carboxylic acids is 2. The summed E-state index contributed by atoms with van der Waals surface area (Å²) in [6.07, 6.45) is 3.90. The number of halogens is 5. The third-order valence-corrected chi connectivity index (χ3v) is 9.97. The van der Waals surface area contributed by atoms with Gasteiger partial charge in [-0.25, -0.2) is 35.2 Å². The molecule has 1 aliphatic rings. The lowest BCUT2D eigenvalue weighted by molar-refractivity contribution is -0.140. The first kappa shape index (κ1) is 35.3. The van der Waals surface area contributed by atoms with Gasteiger partial charge in [0.25, 0.3) is 0 Å². The Morgan fingerprint density at radius 1 is 0.851 bits per heavy atom.